The van der Waals surface area contributed by atoms with E-state index in [1.807, 2.05) is 48.5 Å². The first-order valence-corrected chi connectivity index (χ1v) is 9.05. The summed E-state index contributed by atoms with van der Waals surface area (Å²) in [6.07, 6.45) is 0.209. The highest BCUT2D eigenvalue weighted by Crippen LogP contribution is 2.36. The van der Waals surface area contributed by atoms with Gasteiger partial charge in [0.1, 0.15) is 16.3 Å². The Kier molecular flexibility index (Phi) is 5.53. The summed E-state index contributed by atoms with van der Waals surface area (Å²) >= 11 is 1.37. The molecule has 0 saturated carbocycles. The number of carbonyl (C=O) groups excluding carboxylic acids is 2. The zero-order valence-electron chi connectivity index (χ0n) is 14.6. The molecule has 6 heteroatoms. The van der Waals surface area contributed by atoms with E-state index in [0.29, 0.717) is 10.6 Å². The predicted octanol–water partition coefficient (Wildman–Crippen LogP) is 4.27. The van der Waals surface area contributed by atoms with Gasteiger partial charge in [0, 0.05) is 10.1 Å². The van der Waals surface area contributed by atoms with Gasteiger partial charge in [-0.1, -0.05) is 30.3 Å². The van der Waals surface area contributed by atoms with Gasteiger partial charge in [-0.2, -0.15) is 0 Å². The van der Waals surface area contributed by atoms with Gasteiger partial charge >= 0.3 is 5.97 Å². The Morgan fingerprint density at radius 3 is 2.50 bits per heavy atom. The molecule has 0 fully saturated rings. The first-order valence-electron chi connectivity index (χ1n) is 8.23. The molecule has 134 valence electrons. The van der Waals surface area contributed by atoms with Crippen LogP contribution in [-0.4, -0.2) is 25.6 Å². The third kappa shape index (κ3) is 3.86. The van der Waals surface area contributed by atoms with Crippen molar-refractivity contribution in [2.45, 2.75) is 13.3 Å². The Hall–Kier alpha value is -2.86. The number of amides is 1. The van der Waals surface area contributed by atoms with E-state index in [0.717, 1.165) is 21.4 Å². The summed E-state index contributed by atoms with van der Waals surface area (Å²) in [6.45, 7) is 2.04. The summed E-state index contributed by atoms with van der Waals surface area (Å²) in [7, 11) is 1.60. The topological polar surface area (TPSA) is 64.6 Å². The molecular formula is C20H19NO4S. The van der Waals surface area contributed by atoms with E-state index in [9.17, 15) is 9.59 Å². The number of hydrogen-bond donors (Lipinski definition) is 1. The molecule has 0 bridgehead atoms. The summed E-state index contributed by atoms with van der Waals surface area (Å²) in [5.41, 5.74) is 1.28. The van der Waals surface area contributed by atoms with Crippen molar-refractivity contribution < 1.29 is 19.1 Å². The van der Waals surface area contributed by atoms with E-state index >= 15 is 0 Å². The Labute approximate surface area is 155 Å². The van der Waals surface area contributed by atoms with Crippen LogP contribution >= 0.6 is 11.3 Å². The lowest BCUT2D eigenvalue weighted by Crippen LogP contribution is -2.16. The molecule has 3 aromatic rings. The largest absolute Gasteiger partial charge is 0.497 e. The van der Waals surface area contributed by atoms with Crippen molar-refractivity contribution in [1.82, 2.24) is 0 Å². The molecule has 0 atom stereocenters. The summed E-state index contributed by atoms with van der Waals surface area (Å²) in [5, 5.41) is 4.17. The van der Waals surface area contributed by atoms with Crippen LogP contribution in [0, 0.1) is 0 Å². The smallest absolute Gasteiger partial charge is 0.341 e. The maximum Gasteiger partial charge on any atom is 0.341 e. The summed E-state index contributed by atoms with van der Waals surface area (Å²) in [5.74, 6) is 0.125. The minimum atomic E-state index is -0.426. The van der Waals surface area contributed by atoms with Crippen LogP contribution in [0.5, 0.6) is 5.75 Å². The van der Waals surface area contributed by atoms with Crippen molar-refractivity contribution in [3.05, 3.63) is 59.7 Å². The molecular weight excluding hydrogens is 350 g/mol. The molecule has 5 nitrogen and oxygen atoms in total. The Balaban J connectivity index is 1.83. The monoisotopic (exact) mass is 369 g/mol. The molecule has 0 spiro atoms. The van der Waals surface area contributed by atoms with Crippen LogP contribution in [0.25, 0.3) is 10.1 Å². The molecule has 0 unspecified atom stereocenters. The highest BCUT2D eigenvalue weighted by atomic mass is 32.1. The number of fused-ring (bicyclic) bond motifs is 1. The van der Waals surface area contributed by atoms with Crippen LogP contribution in [0.3, 0.4) is 0 Å². The average Bonchev–Trinajstić information content (AvgIpc) is 3.00. The lowest BCUT2D eigenvalue weighted by molar-refractivity contribution is -0.115. The first-order chi connectivity index (χ1) is 12.6. The van der Waals surface area contributed by atoms with Crippen LogP contribution in [0.1, 0.15) is 22.8 Å². The van der Waals surface area contributed by atoms with Crippen molar-refractivity contribution in [2.24, 2.45) is 0 Å². The van der Waals surface area contributed by atoms with Crippen molar-refractivity contribution in [3.8, 4) is 5.75 Å². The number of anilines is 1. The number of ether oxygens (including phenoxy) is 2. The van der Waals surface area contributed by atoms with Crippen LogP contribution < -0.4 is 10.1 Å². The standard InChI is InChI=1S/C20H19NO4S/c1-3-25-20(23)18-15-6-4-5-7-16(15)26-19(18)21-17(22)12-13-8-10-14(24-2)11-9-13/h4-11H,3,12H2,1-2H3,(H,21,22). The van der Waals surface area contributed by atoms with Gasteiger partial charge in [0.25, 0.3) is 0 Å². The number of benzene rings is 2. The molecule has 0 radical (unpaired) electrons. The van der Waals surface area contributed by atoms with Crippen molar-refractivity contribution in [2.75, 3.05) is 19.0 Å². The molecule has 1 aromatic heterocycles. The number of rotatable bonds is 6. The molecule has 0 saturated heterocycles. The fraction of sp³-hybridized carbons (Fsp3) is 0.200. The SMILES string of the molecule is CCOC(=O)c1c(NC(=O)Cc2ccc(OC)cc2)sc2ccccc12. The van der Waals surface area contributed by atoms with Gasteiger partial charge in [0.05, 0.1) is 20.1 Å². The molecule has 3 rings (SSSR count). The molecule has 1 amide bonds. The normalized spacial score (nSPS) is 10.5. The second kappa shape index (κ2) is 8.01. The van der Waals surface area contributed by atoms with Crippen LogP contribution in [0.4, 0.5) is 5.00 Å². The zero-order valence-corrected chi connectivity index (χ0v) is 15.4. The number of nitrogens with one attached hydrogen (secondary N) is 1. The molecule has 0 aliphatic carbocycles. The Morgan fingerprint density at radius 1 is 1.08 bits per heavy atom. The second-order valence-electron chi connectivity index (χ2n) is 5.60. The van der Waals surface area contributed by atoms with E-state index in [4.69, 9.17) is 9.47 Å². The van der Waals surface area contributed by atoms with E-state index < -0.39 is 5.97 Å². The van der Waals surface area contributed by atoms with E-state index in [1.54, 1.807) is 14.0 Å². The minimum absolute atomic E-state index is 0.188. The fourth-order valence-electron chi connectivity index (χ4n) is 2.64. The number of hydrogen-bond acceptors (Lipinski definition) is 5. The quantitative estimate of drug-likeness (QED) is 0.659. The van der Waals surface area contributed by atoms with Crippen LogP contribution in [0.2, 0.25) is 0 Å². The van der Waals surface area contributed by atoms with Gasteiger partial charge in [-0.25, -0.2) is 4.79 Å². The van der Waals surface area contributed by atoms with Crippen molar-refractivity contribution in [1.29, 1.82) is 0 Å². The highest BCUT2D eigenvalue weighted by molar-refractivity contribution is 7.23. The zero-order chi connectivity index (χ0) is 18.5. The molecule has 26 heavy (non-hydrogen) atoms. The average molecular weight is 369 g/mol. The number of carbonyl (C=O) groups is 2. The minimum Gasteiger partial charge on any atom is -0.497 e. The third-order valence-corrected chi connectivity index (χ3v) is 4.94. The molecule has 1 N–H and O–H groups in total. The maximum absolute atomic E-state index is 12.5. The van der Waals surface area contributed by atoms with Crippen LogP contribution in [0.15, 0.2) is 48.5 Å². The van der Waals surface area contributed by atoms with E-state index in [1.165, 1.54) is 11.3 Å². The summed E-state index contributed by atoms with van der Waals surface area (Å²) in [4.78, 5) is 24.8. The number of methoxy groups -OCH3 is 1. The molecule has 1 heterocycles. The van der Waals surface area contributed by atoms with Gasteiger partial charge < -0.3 is 14.8 Å². The predicted molar refractivity (Wildman–Crippen MR) is 103 cm³/mol. The fourth-order valence-corrected chi connectivity index (χ4v) is 3.75. The maximum atomic E-state index is 12.5. The summed E-state index contributed by atoms with van der Waals surface area (Å²) < 4.78 is 11.2. The van der Waals surface area contributed by atoms with Gasteiger partial charge in [-0.05, 0) is 30.7 Å². The lowest BCUT2D eigenvalue weighted by atomic mass is 10.1. The summed E-state index contributed by atoms with van der Waals surface area (Å²) in [6, 6.07) is 14.8. The second-order valence-corrected chi connectivity index (χ2v) is 6.65. The Morgan fingerprint density at radius 2 is 1.81 bits per heavy atom. The molecule has 0 aliphatic heterocycles. The third-order valence-electron chi connectivity index (χ3n) is 3.85. The molecule has 0 aliphatic rings. The van der Waals surface area contributed by atoms with Crippen molar-refractivity contribution in [3.63, 3.8) is 0 Å². The van der Waals surface area contributed by atoms with E-state index in [-0.39, 0.29) is 18.9 Å². The van der Waals surface area contributed by atoms with Crippen molar-refractivity contribution >= 4 is 38.3 Å². The number of thiophene rings is 1. The first kappa shape index (κ1) is 17.9. The Bertz CT molecular complexity index is 931. The van der Waals surface area contributed by atoms with Gasteiger partial charge in [-0.3, -0.25) is 4.79 Å². The highest BCUT2D eigenvalue weighted by Gasteiger charge is 2.21. The lowest BCUT2D eigenvalue weighted by Gasteiger charge is -2.07. The van der Waals surface area contributed by atoms with Gasteiger partial charge in [-0.15, -0.1) is 11.3 Å². The molecule has 2 aromatic carbocycles. The van der Waals surface area contributed by atoms with Gasteiger partial charge in [0.2, 0.25) is 5.91 Å². The van der Waals surface area contributed by atoms with Gasteiger partial charge in [0.15, 0.2) is 0 Å². The van der Waals surface area contributed by atoms with Crippen LogP contribution in [-0.2, 0) is 16.0 Å². The number of esters is 1. The van der Waals surface area contributed by atoms with E-state index in [2.05, 4.69) is 5.32 Å².